The lowest BCUT2D eigenvalue weighted by Gasteiger charge is -2.13. The van der Waals surface area contributed by atoms with Crippen molar-refractivity contribution >= 4 is 34.7 Å². The van der Waals surface area contributed by atoms with E-state index in [9.17, 15) is 9.59 Å². The minimum atomic E-state index is -0.361. The Morgan fingerprint density at radius 2 is 1.70 bits per heavy atom. The van der Waals surface area contributed by atoms with Gasteiger partial charge in [-0.05, 0) is 54.1 Å². The highest BCUT2D eigenvalue weighted by atomic mass is 32.2. The van der Waals surface area contributed by atoms with Crippen molar-refractivity contribution in [1.29, 1.82) is 0 Å². The number of nitrogens with zero attached hydrogens (tertiary/aromatic N) is 1. The molecule has 0 saturated carbocycles. The summed E-state index contributed by atoms with van der Waals surface area (Å²) in [7, 11) is 3.13. The number of rotatable bonds is 12. The minimum Gasteiger partial charge on any atom is -0.497 e. The lowest BCUT2D eigenvalue weighted by Crippen LogP contribution is -2.27. The lowest BCUT2D eigenvalue weighted by atomic mass is 10.1. The van der Waals surface area contributed by atoms with Gasteiger partial charge >= 0.3 is 0 Å². The Balaban J connectivity index is 1.66. The number of benzene rings is 2. The first kappa shape index (κ1) is 24.7. The van der Waals surface area contributed by atoms with E-state index in [4.69, 9.17) is 14.2 Å². The first-order valence-corrected chi connectivity index (χ1v) is 12.1. The fraction of sp³-hybridized carbons (Fsp3) is 0.385. The summed E-state index contributed by atoms with van der Waals surface area (Å²) >= 11 is 0.913. The third-order valence-electron chi connectivity index (χ3n) is 5.35. The number of anilines is 1. The highest BCUT2D eigenvalue weighted by molar-refractivity contribution is 8.19. The van der Waals surface area contributed by atoms with Gasteiger partial charge in [-0.2, -0.15) is 0 Å². The molecule has 2 aromatic carbocycles. The molecule has 1 aliphatic rings. The number of unbranched alkanes of at least 4 members (excludes halogenated alkanes) is 5. The number of carbonyl (C=O) groups excluding carboxylic acids is 2. The second-order valence-corrected chi connectivity index (χ2v) is 8.74. The molecule has 2 aromatic rings. The average molecular weight is 470 g/mol. The molecule has 0 aliphatic carbocycles. The number of hydrogen-bond donors (Lipinski definition) is 0. The smallest absolute Gasteiger partial charge is 0.298 e. The number of carbonyl (C=O) groups is 2. The molecule has 0 N–H and O–H groups in total. The van der Waals surface area contributed by atoms with Gasteiger partial charge in [0.15, 0.2) is 11.5 Å². The van der Waals surface area contributed by atoms with Gasteiger partial charge in [0, 0.05) is 6.07 Å². The maximum atomic E-state index is 12.9. The lowest BCUT2D eigenvalue weighted by molar-refractivity contribution is -0.113. The molecular formula is C26H31NO5S. The summed E-state index contributed by atoms with van der Waals surface area (Å²) in [6.45, 7) is 2.85. The van der Waals surface area contributed by atoms with E-state index in [2.05, 4.69) is 6.92 Å². The van der Waals surface area contributed by atoms with Gasteiger partial charge in [-0.1, -0.05) is 51.2 Å². The molecule has 1 saturated heterocycles. The van der Waals surface area contributed by atoms with Gasteiger partial charge in [0.2, 0.25) is 0 Å². The summed E-state index contributed by atoms with van der Waals surface area (Å²) in [6.07, 6.45) is 8.90. The number of ether oxygens (including phenoxy) is 3. The predicted octanol–water partition coefficient (Wildman–Crippen LogP) is 6.68. The van der Waals surface area contributed by atoms with Crippen molar-refractivity contribution in [3.8, 4) is 17.2 Å². The van der Waals surface area contributed by atoms with E-state index in [1.165, 1.54) is 25.7 Å². The van der Waals surface area contributed by atoms with Crippen LogP contribution in [0.3, 0.4) is 0 Å². The van der Waals surface area contributed by atoms with Gasteiger partial charge < -0.3 is 14.2 Å². The van der Waals surface area contributed by atoms with E-state index in [1.54, 1.807) is 44.6 Å². The molecule has 3 rings (SSSR count). The normalized spacial score (nSPS) is 14.8. The summed E-state index contributed by atoms with van der Waals surface area (Å²) in [6, 6.07) is 12.4. The molecule has 1 aliphatic heterocycles. The van der Waals surface area contributed by atoms with Crippen LogP contribution in [-0.4, -0.2) is 32.0 Å². The van der Waals surface area contributed by atoms with Crippen LogP contribution in [0.1, 0.15) is 51.0 Å². The molecule has 0 aromatic heterocycles. The zero-order valence-corrected chi connectivity index (χ0v) is 20.3. The van der Waals surface area contributed by atoms with Crippen LogP contribution in [0, 0.1) is 0 Å². The number of thioether (sulfide) groups is 1. The second kappa shape index (κ2) is 12.3. The largest absolute Gasteiger partial charge is 0.497 e. The average Bonchev–Trinajstić information content (AvgIpc) is 3.11. The van der Waals surface area contributed by atoms with Crippen LogP contribution in [0.2, 0.25) is 0 Å². The second-order valence-electron chi connectivity index (χ2n) is 7.75. The van der Waals surface area contributed by atoms with Gasteiger partial charge in [-0.25, -0.2) is 4.90 Å². The van der Waals surface area contributed by atoms with E-state index in [0.29, 0.717) is 34.4 Å². The predicted molar refractivity (Wildman–Crippen MR) is 133 cm³/mol. The van der Waals surface area contributed by atoms with Crippen LogP contribution in [0.4, 0.5) is 10.5 Å². The molecule has 1 fully saturated rings. The van der Waals surface area contributed by atoms with Crippen molar-refractivity contribution in [3.63, 3.8) is 0 Å². The topological polar surface area (TPSA) is 65.1 Å². The zero-order valence-electron chi connectivity index (χ0n) is 19.5. The van der Waals surface area contributed by atoms with E-state index < -0.39 is 0 Å². The van der Waals surface area contributed by atoms with Crippen LogP contribution < -0.4 is 19.1 Å². The van der Waals surface area contributed by atoms with Crippen LogP contribution in [-0.2, 0) is 4.79 Å². The molecule has 0 radical (unpaired) electrons. The zero-order chi connectivity index (χ0) is 23.6. The number of hydrogen-bond acceptors (Lipinski definition) is 6. The molecule has 176 valence electrons. The molecule has 7 heteroatoms. The van der Waals surface area contributed by atoms with Gasteiger partial charge in [0.05, 0.1) is 31.4 Å². The Morgan fingerprint density at radius 1 is 0.909 bits per heavy atom. The van der Waals surface area contributed by atoms with E-state index >= 15 is 0 Å². The highest BCUT2D eigenvalue weighted by Gasteiger charge is 2.36. The van der Waals surface area contributed by atoms with Crippen molar-refractivity contribution in [2.24, 2.45) is 0 Å². The van der Waals surface area contributed by atoms with Gasteiger partial charge in [-0.3, -0.25) is 9.59 Å². The first-order chi connectivity index (χ1) is 16.1. The Morgan fingerprint density at radius 3 is 2.45 bits per heavy atom. The number of methoxy groups -OCH3 is 2. The van der Waals surface area contributed by atoms with Crippen molar-refractivity contribution in [2.45, 2.75) is 45.4 Å². The molecule has 1 heterocycles. The molecule has 6 nitrogen and oxygen atoms in total. The van der Waals surface area contributed by atoms with Crippen molar-refractivity contribution in [2.75, 3.05) is 25.7 Å². The van der Waals surface area contributed by atoms with Crippen molar-refractivity contribution in [3.05, 3.63) is 52.9 Å². The molecular weight excluding hydrogens is 438 g/mol. The summed E-state index contributed by atoms with van der Waals surface area (Å²) in [5.74, 6) is 1.49. The molecule has 33 heavy (non-hydrogen) atoms. The Hall–Kier alpha value is -2.93. The third kappa shape index (κ3) is 6.54. The highest BCUT2D eigenvalue weighted by Crippen LogP contribution is 2.37. The van der Waals surface area contributed by atoms with E-state index in [-0.39, 0.29) is 11.1 Å². The minimum absolute atomic E-state index is 0.342. The number of amides is 2. The fourth-order valence-corrected chi connectivity index (χ4v) is 4.39. The van der Waals surface area contributed by atoms with Crippen LogP contribution >= 0.6 is 11.8 Å². The third-order valence-corrected chi connectivity index (χ3v) is 6.22. The monoisotopic (exact) mass is 469 g/mol. The molecule has 0 spiro atoms. The number of imide groups is 1. The fourth-order valence-electron chi connectivity index (χ4n) is 3.55. The van der Waals surface area contributed by atoms with E-state index in [1.807, 2.05) is 18.2 Å². The van der Waals surface area contributed by atoms with E-state index in [0.717, 1.165) is 35.1 Å². The van der Waals surface area contributed by atoms with Gasteiger partial charge in [0.25, 0.3) is 11.1 Å². The molecule has 0 bridgehead atoms. The summed E-state index contributed by atoms with van der Waals surface area (Å²) < 4.78 is 16.6. The van der Waals surface area contributed by atoms with Crippen molar-refractivity contribution in [1.82, 2.24) is 0 Å². The van der Waals surface area contributed by atoms with Gasteiger partial charge in [-0.15, -0.1) is 0 Å². The van der Waals surface area contributed by atoms with Crippen molar-refractivity contribution < 1.29 is 23.8 Å². The first-order valence-electron chi connectivity index (χ1n) is 11.3. The Kier molecular flexibility index (Phi) is 9.24. The van der Waals surface area contributed by atoms with Gasteiger partial charge in [0.1, 0.15) is 5.75 Å². The summed E-state index contributed by atoms with van der Waals surface area (Å²) in [5.41, 5.74) is 1.24. The quantitative estimate of drug-likeness (QED) is 0.255. The summed E-state index contributed by atoms with van der Waals surface area (Å²) in [5, 5.41) is -0.342. The molecule has 2 amide bonds. The van der Waals surface area contributed by atoms with Crippen LogP contribution in [0.5, 0.6) is 17.2 Å². The SMILES string of the molecule is CCCCCCCCOc1ccc(/C=C2\SC(=O)N(c3cccc(OC)c3)C2=O)cc1OC. The Labute approximate surface area is 199 Å². The Bertz CT molecular complexity index is 1000. The molecule has 0 atom stereocenters. The summed E-state index contributed by atoms with van der Waals surface area (Å²) in [4.78, 5) is 27.0. The molecule has 0 unspecified atom stereocenters. The standard InChI is InChI=1S/C26H31NO5S/c1-4-5-6-7-8-9-15-32-22-14-13-19(16-23(22)31-3)17-24-25(28)27(26(29)33-24)20-11-10-12-21(18-20)30-2/h10-14,16-18H,4-9,15H2,1-3H3/b24-17-. The van der Waals surface area contributed by atoms with Crippen LogP contribution in [0.15, 0.2) is 47.4 Å². The maximum absolute atomic E-state index is 12.9. The van der Waals surface area contributed by atoms with Crippen LogP contribution in [0.25, 0.3) is 6.08 Å². The maximum Gasteiger partial charge on any atom is 0.298 e.